The lowest BCUT2D eigenvalue weighted by Crippen LogP contribution is -2.52. The molecule has 0 aliphatic carbocycles. The number of nitrogens with two attached hydrogens (primary N) is 1. The third-order valence-electron chi connectivity index (χ3n) is 3.47. The van der Waals surface area contributed by atoms with Crippen molar-refractivity contribution in [3.05, 3.63) is 0 Å². The van der Waals surface area contributed by atoms with Gasteiger partial charge in [-0.25, -0.2) is 0 Å². The zero-order chi connectivity index (χ0) is 11.0. The molecule has 14 heavy (non-hydrogen) atoms. The summed E-state index contributed by atoms with van der Waals surface area (Å²) in [6, 6.07) is 4.34. The molecule has 0 aliphatic heterocycles. The van der Waals surface area contributed by atoms with E-state index in [2.05, 4.69) is 27.7 Å². The Morgan fingerprint density at radius 1 is 0.857 bits per heavy atom. The first-order chi connectivity index (χ1) is 6.66. The summed E-state index contributed by atoms with van der Waals surface area (Å²) in [5.74, 6) is 0. The van der Waals surface area contributed by atoms with E-state index in [0.717, 1.165) is 0 Å². The van der Waals surface area contributed by atoms with Gasteiger partial charge in [-0.2, -0.15) is 0 Å². The van der Waals surface area contributed by atoms with Crippen molar-refractivity contribution in [2.24, 2.45) is 5.73 Å². The number of rotatable bonds is 8. The van der Waals surface area contributed by atoms with Gasteiger partial charge in [-0.1, -0.05) is 65.1 Å². The SMILES string of the molecule is CCC[Si](CCC)(CCC)C(N)CC. The van der Waals surface area contributed by atoms with Crippen LogP contribution in [-0.4, -0.2) is 13.7 Å². The fraction of sp³-hybridized carbons (Fsp3) is 1.00. The smallest absolute Gasteiger partial charge is 0.0722 e. The van der Waals surface area contributed by atoms with Crippen LogP contribution in [0.25, 0.3) is 0 Å². The highest BCUT2D eigenvalue weighted by molar-refractivity contribution is 6.81. The molecule has 2 heteroatoms. The van der Waals surface area contributed by atoms with Gasteiger partial charge in [0.1, 0.15) is 0 Å². The van der Waals surface area contributed by atoms with Crippen molar-refractivity contribution in [1.82, 2.24) is 0 Å². The van der Waals surface area contributed by atoms with Crippen LogP contribution in [-0.2, 0) is 0 Å². The van der Waals surface area contributed by atoms with E-state index < -0.39 is 8.07 Å². The third-order valence-corrected chi connectivity index (χ3v) is 9.94. The van der Waals surface area contributed by atoms with Crippen molar-refractivity contribution in [2.75, 3.05) is 0 Å². The van der Waals surface area contributed by atoms with E-state index >= 15 is 0 Å². The first kappa shape index (κ1) is 14.2. The molecular formula is C12H29NSi. The molecular weight excluding hydrogens is 186 g/mol. The van der Waals surface area contributed by atoms with E-state index in [1.165, 1.54) is 43.8 Å². The Labute approximate surface area is 91.5 Å². The second-order valence-electron chi connectivity index (χ2n) is 4.63. The van der Waals surface area contributed by atoms with Crippen LogP contribution in [0.15, 0.2) is 0 Å². The number of hydrogen-bond donors (Lipinski definition) is 1. The monoisotopic (exact) mass is 215 g/mol. The molecule has 0 saturated heterocycles. The van der Waals surface area contributed by atoms with Crippen molar-refractivity contribution >= 4 is 8.07 Å². The van der Waals surface area contributed by atoms with Crippen LogP contribution >= 0.6 is 0 Å². The zero-order valence-corrected chi connectivity index (χ0v) is 11.6. The summed E-state index contributed by atoms with van der Waals surface area (Å²) >= 11 is 0. The summed E-state index contributed by atoms with van der Waals surface area (Å²) in [7, 11) is -1.12. The fourth-order valence-corrected chi connectivity index (χ4v) is 8.57. The first-order valence-corrected chi connectivity index (χ1v) is 9.12. The van der Waals surface area contributed by atoms with Gasteiger partial charge in [0.2, 0.25) is 0 Å². The minimum Gasteiger partial charge on any atom is -0.330 e. The Morgan fingerprint density at radius 3 is 1.43 bits per heavy atom. The average molecular weight is 215 g/mol. The van der Waals surface area contributed by atoms with Crippen LogP contribution in [0.5, 0.6) is 0 Å². The molecule has 0 fully saturated rings. The Kier molecular flexibility index (Phi) is 7.56. The number of hydrogen-bond acceptors (Lipinski definition) is 1. The van der Waals surface area contributed by atoms with Crippen LogP contribution in [0.2, 0.25) is 18.1 Å². The predicted octanol–water partition coefficient (Wildman–Crippen LogP) is 3.94. The van der Waals surface area contributed by atoms with E-state index in [1.807, 2.05) is 0 Å². The molecule has 2 N–H and O–H groups in total. The van der Waals surface area contributed by atoms with E-state index in [-0.39, 0.29) is 0 Å². The van der Waals surface area contributed by atoms with Crippen LogP contribution in [0.1, 0.15) is 53.4 Å². The molecule has 0 bridgehead atoms. The maximum absolute atomic E-state index is 6.37. The van der Waals surface area contributed by atoms with Crippen molar-refractivity contribution in [3.63, 3.8) is 0 Å². The summed E-state index contributed by atoms with van der Waals surface area (Å²) in [6.45, 7) is 9.20. The minimum absolute atomic E-state index is 0.544. The predicted molar refractivity (Wildman–Crippen MR) is 69.3 cm³/mol. The molecule has 0 aromatic carbocycles. The highest BCUT2D eigenvalue weighted by Crippen LogP contribution is 2.29. The molecule has 86 valence electrons. The molecule has 1 atom stereocenters. The van der Waals surface area contributed by atoms with Crippen molar-refractivity contribution in [2.45, 2.75) is 77.2 Å². The molecule has 1 unspecified atom stereocenters. The summed E-state index contributed by atoms with van der Waals surface area (Å²) in [5, 5.41) is 0. The molecule has 0 radical (unpaired) electrons. The van der Waals surface area contributed by atoms with Crippen molar-refractivity contribution < 1.29 is 0 Å². The van der Waals surface area contributed by atoms with Gasteiger partial charge in [-0.15, -0.1) is 0 Å². The van der Waals surface area contributed by atoms with Crippen LogP contribution < -0.4 is 5.73 Å². The van der Waals surface area contributed by atoms with Crippen LogP contribution in [0, 0.1) is 0 Å². The van der Waals surface area contributed by atoms with Gasteiger partial charge in [-0.05, 0) is 12.1 Å². The lowest BCUT2D eigenvalue weighted by molar-refractivity contribution is 0.760. The van der Waals surface area contributed by atoms with Gasteiger partial charge in [0.25, 0.3) is 0 Å². The van der Waals surface area contributed by atoms with Gasteiger partial charge in [-0.3, -0.25) is 0 Å². The van der Waals surface area contributed by atoms with Crippen LogP contribution in [0.4, 0.5) is 0 Å². The Bertz CT molecular complexity index is 119. The third kappa shape index (κ3) is 3.74. The van der Waals surface area contributed by atoms with Crippen molar-refractivity contribution in [1.29, 1.82) is 0 Å². The van der Waals surface area contributed by atoms with Crippen molar-refractivity contribution in [3.8, 4) is 0 Å². The van der Waals surface area contributed by atoms with Crippen LogP contribution in [0.3, 0.4) is 0 Å². The van der Waals surface area contributed by atoms with E-state index in [0.29, 0.717) is 5.67 Å². The topological polar surface area (TPSA) is 26.0 Å². The molecule has 0 saturated carbocycles. The summed E-state index contributed by atoms with van der Waals surface area (Å²) in [5.41, 5.74) is 6.92. The largest absolute Gasteiger partial charge is 0.330 e. The fourth-order valence-electron chi connectivity index (χ4n) is 2.86. The van der Waals surface area contributed by atoms with Gasteiger partial charge >= 0.3 is 0 Å². The maximum atomic E-state index is 6.37. The summed E-state index contributed by atoms with van der Waals surface area (Å²) in [4.78, 5) is 0. The minimum atomic E-state index is -1.12. The quantitative estimate of drug-likeness (QED) is 0.610. The molecule has 0 aliphatic rings. The van der Waals surface area contributed by atoms with E-state index in [4.69, 9.17) is 5.73 Å². The lowest BCUT2D eigenvalue weighted by Gasteiger charge is -2.36. The highest BCUT2D eigenvalue weighted by atomic mass is 28.3. The second-order valence-corrected chi connectivity index (χ2v) is 9.59. The molecule has 0 rings (SSSR count). The Morgan fingerprint density at radius 2 is 1.21 bits per heavy atom. The molecule has 0 aromatic rings. The molecule has 0 spiro atoms. The molecule has 0 heterocycles. The molecule has 0 amide bonds. The standard InChI is InChI=1S/C12H29NSi/c1-5-9-14(10-6-2,11-7-3)12(13)8-4/h12H,5-11,13H2,1-4H3. The Balaban J connectivity index is 4.53. The zero-order valence-electron chi connectivity index (χ0n) is 10.6. The molecule has 1 nitrogen and oxygen atoms in total. The van der Waals surface area contributed by atoms with Gasteiger partial charge < -0.3 is 5.73 Å². The van der Waals surface area contributed by atoms with Gasteiger partial charge in [0.15, 0.2) is 0 Å². The average Bonchev–Trinajstić information content (AvgIpc) is 2.17. The maximum Gasteiger partial charge on any atom is 0.0722 e. The second kappa shape index (κ2) is 7.47. The summed E-state index contributed by atoms with van der Waals surface area (Å²) < 4.78 is 0. The van der Waals surface area contributed by atoms with E-state index in [9.17, 15) is 0 Å². The highest BCUT2D eigenvalue weighted by Gasteiger charge is 2.35. The Hall–Kier alpha value is 0.177. The van der Waals surface area contributed by atoms with Gasteiger partial charge in [0, 0.05) is 0 Å². The first-order valence-electron chi connectivity index (χ1n) is 6.42. The van der Waals surface area contributed by atoms with E-state index in [1.54, 1.807) is 0 Å². The normalized spacial score (nSPS) is 14.4. The summed E-state index contributed by atoms with van der Waals surface area (Å²) in [6.07, 6.45) is 5.19. The van der Waals surface area contributed by atoms with Gasteiger partial charge in [0.05, 0.1) is 8.07 Å². The lowest BCUT2D eigenvalue weighted by atomic mass is 10.5. The molecule has 0 aromatic heterocycles.